The summed E-state index contributed by atoms with van der Waals surface area (Å²) in [6, 6.07) is 8.06. The zero-order valence-corrected chi connectivity index (χ0v) is 18.5. The number of fused-ring (bicyclic) bond motifs is 1. The number of aromatic nitrogens is 1. The van der Waals surface area contributed by atoms with Crippen LogP contribution in [0.15, 0.2) is 41.3 Å². The van der Waals surface area contributed by atoms with E-state index in [0.717, 1.165) is 22.1 Å². The van der Waals surface area contributed by atoms with Gasteiger partial charge in [-0.1, -0.05) is 11.3 Å². The normalized spacial score (nSPS) is 11.6. The quantitative estimate of drug-likeness (QED) is 0.460. The Morgan fingerprint density at radius 3 is 2.65 bits per heavy atom. The molecule has 3 rings (SSSR count). The number of carbonyl (C=O) groups is 1. The van der Waals surface area contributed by atoms with E-state index in [1.807, 2.05) is 6.92 Å². The molecule has 0 spiro atoms. The van der Waals surface area contributed by atoms with E-state index in [4.69, 9.17) is 19.3 Å². The monoisotopic (exact) mass is 464 g/mol. The number of carboxylic acid groups (broad SMARTS) is 1. The Kier molecular flexibility index (Phi) is 6.66. The van der Waals surface area contributed by atoms with Gasteiger partial charge in [0.25, 0.3) is 10.0 Å². The lowest BCUT2D eigenvalue weighted by Crippen LogP contribution is -2.14. The topological polar surface area (TPSA) is 124 Å². The minimum absolute atomic E-state index is 0.0118. The molecule has 9 nitrogen and oxygen atoms in total. The number of ether oxygens (including phenoxy) is 3. The lowest BCUT2D eigenvalue weighted by atomic mass is 10.2. The largest absolute Gasteiger partial charge is 0.494 e. The number of aliphatic carboxylic acids is 1. The molecule has 0 radical (unpaired) electrons. The Hall–Kier alpha value is -3.31. The Bertz CT molecular complexity index is 1250. The average molecular weight is 465 g/mol. The fourth-order valence-corrected chi connectivity index (χ4v) is 5.13. The van der Waals surface area contributed by atoms with Gasteiger partial charge in [-0.3, -0.25) is 4.72 Å². The van der Waals surface area contributed by atoms with Crippen LogP contribution in [0.1, 0.15) is 12.5 Å². The van der Waals surface area contributed by atoms with Crippen molar-refractivity contribution in [1.29, 1.82) is 0 Å². The van der Waals surface area contributed by atoms with Crippen LogP contribution in [0.3, 0.4) is 0 Å². The van der Waals surface area contributed by atoms with Gasteiger partial charge < -0.3 is 19.3 Å². The van der Waals surface area contributed by atoms with Crippen molar-refractivity contribution in [3.63, 3.8) is 0 Å². The van der Waals surface area contributed by atoms with E-state index >= 15 is 0 Å². The van der Waals surface area contributed by atoms with Crippen molar-refractivity contribution < 1.29 is 32.5 Å². The number of nitrogens with one attached hydrogen (secondary N) is 1. The highest BCUT2D eigenvalue weighted by Crippen LogP contribution is 2.38. The van der Waals surface area contributed by atoms with Gasteiger partial charge >= 0.3 is 5.97 Å². The number of carboxylic acids is 1. The molecule has 31 heavy (non-hydrogen) atoms. The van der Waals surface area contributed by atoms with Gasteiger partial charge in [0, 0.05) is 6.08 Å². The smallest absolute Gasteiger partial charge is 0.328 e. The number of sulfonamides is 1. The van der Waals surface area contributed by atoms with Gasteiger partial charge in [0.05, 0.1) is 31.0 Å². The predicted molar refractivity (Wildman–Crippen MR) is 118 cm³/mol. The third-order valence-corrected chi connectivity index (χ3v) is 6.47. The molecule has 0 aliphatic heterocycles. The maximum atomic E-state index is 13.1. The molecule has 0 saturated carbocycles. The Morgan fingerprint density at radius 2 is 2.00 bits per heavy atom. The third kappa shape index (κ3) is 5.06. The van der Waals surface area contributed by atoms with Crippen LogP contribution in [0.25, 0.3) is 16.3 Å². The minimum Gasteiger partial charge on any atom is -0.494 e. The van der Waals surface area contributed by atoms with Gasteiger partial charge in [-0.15, -0.1) is 0 Å². The van der Waals surface area contributed by atoms with Crippen molar-refractivity contribution in [3.8, 4) is 17.2 Å². The summed E-state index contributed by atoms with van der Waals surface area (Å²) in [4.78, 5) is 14.9. The van der Waals surface area contributed by atoms with E-state index in [0.29, 0.717) is 23.4 Å². The number of hydrogen-bond acceptors (Lipinski definition) is 8. The molecule has 0 bridgehead atoms. The van der Waals surface area contributed by atoms with Gasteiger partial charge in [-0.05, 0) is 48.9 Å². The summed E-state index contributed by atoms with van der Waals surface area (Å²) in [5.41, 5.74) is 0.930. The average Bonchev–Trinajstić information content (AvgIpc) is 3.12. The molecule has 0 aliphatic rings. The molecule has 2 N–H and O–H groups in total. The van der Waals surface area contributed by atoms with Crippen molar-refractivity contribution >= 4 is 48.8 Å². The molecule has 11 heteroatoms. The van der Waals surface area contributed by atoms with Crippen molar-refractivity contribution in [1.82, 2.24) is 4.98 Å². The van der Waals surface area contributed by atoms with Gasteiger partial charge in [-0.2, -0.15) is 0 Å². The first-order chi connectivity index (χ1) is 14.8. The minimum atomic E-state index is -4.14. The van der Waals surface area contributed by atoms with Crippen LogP contribution in [0.4, 0.5) is 5.13 Å². The first-order valence-corrected chi connectivity index (χ1v) is 11.3. The van der Waals surface area contributed by atoms with Crippen LogP contribution < -0.4 is 18.9 Å². The number of benzene rings is 2. The Morgan fingerprint density at radius 1 is 1.23 bits per heavy atom. The van der Waals surface area contributed by atoms with E-state index < -0.39 is 16.0 Å². The number of anilines is 1. The molecule has 0 atom stereocenters. The molecule has 0 unspecified atom stereocenters. The molecule has 1 aromatic heterocycles. The summed E-state index contributed by atoms with van der Waals surface area (Å²) in [7, 11) is -1.46. The number of rotatable bonds is 9. The summed E-state index contributed by atoms with van der Waals surface area (Å²) < 4.78 is 45.4. The van der Waals surface area contributed by atoms with Crippen molar-refractivity contribution in [2.75, 3.05) is 25.5 Å². The highest BCUT2D eigenvalue weighted by Gasteiger charge is 2.25. The molecule has 2 aromatic carbocycles. The molecule has 0 amide bonds. The zero-order valence-electron chi connectivity index (χ0n) is 16.9. The van der Waals surface area contributed by atoms with Crippen molar-refractivity contribution in [3.05, 3.63) is 42.0 Å². The van der Waals surface area contributed by atoms with Gasteiger partial charge in [0.1, 0.15) is 10.6 Å². The summed E-state index contributed by atoms with van der Waals surface area (Å²) in [6.45, 7) is 2.38. The zero-order chi connectivity index (χ0) is 22.6. The van der Waals surface area contributed by atoms with Crippen LogP contribution in [0, 0.1) is 0 Å². The van der Waals surface area contributed by atoms with Gasteiger partial charge in [-0.25, -0.2) is 18.2 Å². The van der Waals surface area contributed by atoms with Crippen LogP contribution in [-0.4, -0.2) is 45.3 Å². The highest BCUT2D eigenvalue weighted by molar-refractivity contribution is 7.93. The molecule has 0 saturated heterocycles. The maximum absolute atomic E-state index is 13.1. The molecule has 0 aliphatic carbocycles. The number of nitrogens with zero attached hydrogens (tertiary/aromatic N) is 1. The SMILES string of the molecule is CCOc1ccc2nc(NS(=O)(=O)c3cc(/C=C/C(=O)O)cc(OC)c3OC)sc2c1. The molecular formula is C20H20N2O7S2. The number of methoxy groups -OCH3 is 2. The molecule has 3 aromatic rings. The number of thiazole rings is 1. The summed E-state index contributed by atoms with van der Waals surface area (Å²) >= 11 is 1.16. The lowest BCUT2D eigenvalue weighted by Gasteiger charge is -2.14. The molecule has 0 fully saturated rings. The highest BCUT2D eigenvalue weighted by atomic mass is 32.2. The summed E-state index contributed by atoms with van der Waals surface area (Å²) in [5, 5.41) is 9.02. The van der Waals surface area contributed by atoms with E-state index in [2.05, 4.69) is 9.71 Å². The summed E-state index contributed by atoms with van der Waals surface area (Å²) in [5.74, 6) is -0.376. The maximum Gasteiger partial charge on any atom is 0.328 e. The third-order valence-electron chi connectivity index (χ3n) is 4.07. The van der Waals surface area contributed by atoms with Crippen LogP contribution in [0.2, 0.25) is 0 Å². The number of hydrogen-bond donors (Lipinski definition) is 2. The molecule has 164 valence electrons. The van der Waals surface area contributed by atoms with Gasteiger partial charge in [0.2, 0.25) is 0 Å². The first-order valence-electron chi connectivity index (χ1n) is 9.00. The fraction of sp³-hybridized carbons (Fsp3) is 0.200. The van der Waals surface area contributed by atoms with Crippen LogP contribution in [-0.2, 0) is 14.8 Å². The predicted octanol–water partition coefficient (Wildman–Crippen LogP) is 3.61. The second-order valence-corrected chi connectivity index (χ2v) is 8.79. The van der Waals surface area contributed by atoms with Gasteiger partial charge in [0.15, 0.2) is 16.6 Å². The second-order valence-electron chi connectivity index (χ2n) is 6.11. The van der Waals surface area contributed by atoms with Crippen molar-refractivity contribution in [2.45, 2.75) is 11.8 Å². The first kappa shape index (κ1) is 22.4. The Balaban J connectivity index is 2.03. The lowest BCUT2D eigenvalue weighted by molar-refractivity contribution is -0.131. The standard InChI is InChI=1S/C20H20N2O7S2/c1-4-29-13-6-7-14-16(11-13)30-20(21-14)22-31(25,26)17-10-12(5-8-18(23)24)9-15(27-2)19(17)28-3/h5-11H,4H2,1-3H3,(H,21,22)(H,23,24)/b8-5+. The fourth-order valence-electron chi connectivity index (χ4n) is 2.79. The van der Waals surface area contributed by atoms with E-state index in [1.54, 1.807) is 18.2 Å². The molecule has 1 heterocycles. The summed E-state index contributed by atoms with van der Waals surface area (Å²) in [6.07, 6.45) is 2.16. The van der Waals surface area contributed by atoms with E-state index in [9.17, 15) is 13.2 Å². The van der Waals surface area contributed by atoms with Crippen LogP contribution >= 0.6 is 11.3 Å². The second kappa shape index (κ2) is 9.23. The Labute approximate surface area is 183 Å². The molecular weight excluding hydrogens is 444 g/mol. The van der Waals surface area contributed by atoms with Crippen LogP contribution in [0.5, 0.6) is 17.2 Å². The van der Waals surface area contributed by atoms with E-state index in [-0.39, 0.29) is 21.5 Å². The van der Waals surface area contributed by atoms with E-state index in [1.165, 1.54) is 32.4 Å². The van der Waals surface area contributed by atoms with Crippen molar-refractivity contribution in [2.24, 2.45) is 0 Å².